The molecule has 0 radical (unpaired) electrons. The van der Waals surface area contributed by atoms with Crippen LogP contribution in [0.4, 0.5) is 0 Å². The maximum absolute atomic E-state index is 4.77. The van der Waals surface area contributed by atoms with Gasteiger partial charge in [-0.2, -0.15) is 0 Å². The molecule has 0 amide bonds. The van der Waals surface area contributed by atoms with E-state index in [1.807, 2.05) is 13.1 Å². The van der Waals surface area contributed by atoms with Crippen LogP contribution in [0.1, 0.15) is 31.4 Å². The molecular weight excluding hydrogens is 328 g/mol. The summed E-state index contributed by atoms with van der Waals surface area (Å²) in [6.07, 6.45) is 6.48. The number of benzene rings is 1. The zero-order chi connectivity index (χ0) is 17.1. The van der Waals surface area contributed by atoms with Gasteiger partial charge < -0.3 is 10.2 Å². The van der Waals surface area contributed by atoms with Crippen molar-refractivity contribution in [1.82, 2.24) is 15.2 Å². The van der Waals surface area contributed by atoms with Crippen LogP contribution in [0.15, 0.2) is 40.7 Å². The number of likely N-dealkylation sites (tertiary alicyclic amines) is 1. The Kier molecular flexibility index (Phi) is 4.75. The summed E-state index contributed by atoms with van der Waals surface area (Å²) in [5.74, 6) is 1.06. The molecular formula is C20H26N4S. The maximum atomic E-state index is 4.77. The van der Waals surface area contributed by atoms with Crippen molar-refractivity contribution >= 4 is 17.3 Å². The maximum Gasteiger partial charge on any atom is 0.193 e. The molecule has 1 aromatic heterocycles. The van der Waals surface area contributed by atoms with Gasteiger partial charge in [-0.3, -0.25) is 4.99 Å². The van der Waals surface area contributed by atoms with Crippen molar-refractivity contribution in [3.05, 3.63) is 41.4 Å². The van der Waals surface area contributed by atoms with E-state index in [1.54, 1.807) is 11.3 Å². The van der Waals surface area contributed by atoms with Gasteiger partial charge in [-0.25, -0.2) is 4.98 Å². The first-order chi connectivity index (χ1) is 12.3. The lowest BCUT2D eigenvalue weighted by Crippen LogP contribution is -2.43. The van der Waals surface area contributed by atoms with E-state index < -0.39 is 0 Å². The first kappa shape index (κ1) is 16.6. The molecule has 25 heavy (non-hydrogen) atoms. The van der Waals surface area contributed by atoms with Crippen LogP contribution in [0.25, 0.3) is 10.6 Å². The fourth-order valence-electron chi connectivity index (χ4n) is 3.97. The highest BCUT2D eigenvalue weighted by Crippen LogP contribution is 2.47. The molecule has 2 aliphatic rings. The average Bonchev–Trinajstić information content (AvgIpc) is 3.27. The van der Waals surface area contributed by atoms with Crippen molar-refractivity contribution in [2.24, 2.45) is 10.4 Å². The van der Waals surface area contributed by atoms with E-state index in [0.717, 1.165) is 36.2 Å². The summed E-state index contributed by atoms with van der Waals surface area (Å²) < 4.78 is 0. The molecule has 1 saturated carbocycles. The zero-order valence-corrected chi connectivity index (χ0v) is 15.7. The lowest BCUT2D eigenvalue weighted by atomic mass is 9.68. The molecule has 1 aliphatic carbocycles. The first-order valence-electron chi connectivity index (χ1n) is 9.23. The number of aromatic nitrogens is 1. The number of guanidine groups is 1. The Morgan fingerprint density at radius 2 is 2.12 bits per heavy atom. The van der Waals surface area contributed by atoms with Gasteiger partial charge in [0.1, 0.15) is 5.01 Å². The SMILES string of the molecule is CN=C(NCCc1csc(-c2ccccc2)n1)N1CCC2(CCC2)C1. The van der Waals surface area contributed by atoms with Crippen LogP contribution in [0.3, 0.4) is 0 Å². The van der Waals surface area contributed by atoms with E-state index in [-0.39, 0.29) is 0 Å². The van der Waals surface area contributed by atoms with Crippen LogP contribution in [0.2, 0.25) is 0 Å². The molecule has 5 heteroatoms. The van der Waals surface area contributed by atoms with Crippen LogP contribution in [0, 0.1) is 5.41 Å². The third-order valence-corrected chi connectivity index (χ3v) is 6.54. The fourth-order valence-corrected chi connectivity index (χ4v) is 4.83. The molecule has 0 bridgehead atoms. The largest absolute Gasteiger partial charge is 0.356 e. The highest BCUT2D eigenvalue weighted by atomic mass is 32.1. The van der Waals surface area contributed by atoms with Crippen molar-refractivity contribution < 1.29 is 0 Å². The second kappa shape index (κ2) is 7.16. The van der Waals surface area contributed by atoms with Crippen molar-refractivity contribution in [2.45, 2.75) is 32.1 Å². The Labute approximate surface area is 154 Å². The number of rotatable bonds is 4. The van der Waals surface area contributed by atoms with Gasteiger partial charge in [-0.1, -0.05) is 36.8 Å². The highest BCUT2D eigenvalue weighted by Gasteiger charge is 2.43. The second-order valence-electron chi connectivity index (χ2n) is 7.26. The first-order valence-corrected chi connectivity index (χ1v) is 10.1. The van der Waals surface area contributed by atoms with Gasteiger partial charge in [-0.15, -0.1) is 11.3 Å². The Bertz CT molecular complexity index is 733. The second-order valence-corrected chi connectivity index (χ2v) is 8.12. The smallest absolute Gasteiger partial charge is 0.193 e. The van der Waals surface area contributed by atoms with Gasteiger partial charge >= 0.3 is 0 Å². The third kappa shape index (κ3) is 3.56. The van der Waals surface area contributed by atoms with Crippen LogP contribution in [-0.2, 0) is 6.42 Å². The normalized spacial score (nSPS) is 19.2. The Hall–Kier alpha value is -1.88. The van der Waals surface area contributed by atoms with E-state index >= 15 is 0 Å². The molecule has 1 aliphatic heterocycles. The molecule has 1 spiro atoms. The van der Waals surface area contributed by atoms with Crippen molar-refractivity contribution in [3.8, 4) is 10.6 Å². The predicted octanol–water partition coefficient (Wildman–Crippen LogP) is 3.80. The summed E-state index contributed by atoms with van der Waals surface area (Å²) in [5, 5.41) is 6.81. The number of nitrogens with one attached hydrogen (secondary N) is 1. The summed E-state index contributed by atoms with van der Waals surface area (Å²) in [6, 6.07) is 10.4. The van der Waals surface area contributed by atoms with E-state index in [1.165, 1.54) is 37.8 Å². The van der Waals surface area contributed by atoms with E-state index in [9.17, 15) is 0 Å². The number of hydrogen-bond acceptors (Lipinski definition) is 3. The molecule has 1 saturated heterocycles. The Morgan fingerprint density at radius 3 is 2.80 bits per heavy atom. The molecule has 0 atom stereocenters. The molecule has 4 nitrogen and oxygen atoms in total. The minimum Gasteiger partial charge on any atom is -0.356 e. The number of thiazole rings is 1. The van der Waals surface area contributed by atoms with Gasteiger partial charge in [0.15, 0.2) is 5.96 Å². The molecule has 0 unspecified atom stereocenters. The van der Waals surface area contributed by atoms with E-state index in [2.05, 4.69) is 44.9 Å². The molecule has 2 fully saturated rings. The minimum absolute atomic E-state index is 0.608. The molecule has 132 valence electrons. The summed E-state index contributed by atoms with van der Waals surface area (Å²) in [6.45, 7) is 3.21. The van der Waals surface area contributed by atoms with Crippen LogP contribution < -0.4 is 5.32 Å². The third-order valence-electron chi connectivity index (χ3n) is 5.60. The lowest BCUT2D eigenvalue weighted by molar-refractivity contribution is 0.151. The lowest BCUT2D eigenvalue weighted by Gasteiger charge is -2.38. The molecule has 1 N–H and O–H groups in total. The average molecular weight is 355 g/mol. The van der Waals surface area contributed by atoms with Crippen molar-refractivity contribution in [2.75, 3.05) is 26.7 Å². The predicted molar refractivity (Wildman–Crippen MR) is 105 cm³/mol. The topological polar surface area (TPSA) is 40.5 Å². The summed E-state index contributed by atoms with van der Waals surface area (Å²) >= 11 is 1.72. The number of aliphatic imine (C=N–C) groups is 1. The van der Waals surface area contributed by atoms with Gasteiger partial charge in [0.2, 0.25) is 0 Å². The summed E-state index contributed by atoms with van der Waals surface area (Å²) in [7, 11) is 1.89. The molecule has 4 rings (SSSR count). The zero-order valence-electron chi connectivity index (χ0n) is 14.9. The van der Waals surface area contributed by atoms with Gasteiger partial charge in [0, 0.05) is 44.0 Å². The Balaban J connectivity index is 1.29. The van der Waals surface area contributed by atoms with Gasteiger partial charge in [-0.05, 0) is 24.7 Å². The quantitative estimate of drug-likeness (QED) is 0.670. The van der Waals surface area contributed by atoms with Crippen LogP contribution in [-0.4, -0.2) is 42.5 Å². The fraction of sp³-hybridized carbons (Fsp3) is 0.500. The minimum atomic E-state index is 0.608. The standard InChI is InChI=1S/C20H26N4S/c1-21-19(24-13-11-20(15-24)9-5-10-20)22-12-8-17-14-25-18(23-17)16-6-3-2-4-7-16/h2-4,6-7,14H,5,8-13,15H2,1H3,(H,21,22). The van der Waals surface area contributed by atoms with E-state index in [4.69, 9.17) is 4.98 Å². The van der Waals surface area contributed by atoms with Crippen molar-refractivity contribution in [1.29, 1.82) is 0 Å². The molecule has 2 aromatic rings. The monoisotopic (exact) mass is 354 g/mol. The van der Waals surface area contributed by atoms with Gasteiger partial charge in [0.05, 0.1) is 5.69 Å². The van der Waals surface area contributed by atoms with E-state index in [0.29, 0.717) is 5.41 Å². The van der Waals surface area contributed by atoms with Crippen molar-refractivity contribution in [3.63, 3.8) is 0 Å². The number of hydrogen-bond donors (Lipinski definition) is 1. The summed E-state index contributed by atoms with van der Waals surface area (Å²) in [4.78, 5) is 11.7. The highest BCUT2D eigenvalue weighted by molar-refractivity contribution is 7.13. The molecule has 2 heterocycles. The van der Waals surface area contributed by atoms with Crippen LogP contribution in [0.5, 0.6) is 0 Å². The van der Waals surface area contributed by atoms with Gasteiger partial charge in [0.25, 0.3) is 0 Å². The van der Waals surface area contributed by atoms with Crippen LogP contribution >= 0.6 is 11.3 Å². The molecule has 1 aromatic carbocycles. The Morgan fingerprint density at radius 1 is 1.28 bits per heavy atom. The summed E-state index contributed by atoms with van der Waals surface area (Å²) in [5.41, 5.74) is 2.96. The number of nitrogens with zero attached hydrogens (tertiary/aromatic N) is 3.